The van der Waals surface area contributed by atoms with E-state index in [1.165, 1.54) is 21.1 Å². The van der Waals surface area contributed by atoms with Gasteiger partial charge in [0.15, 0.2) is 6.73 Å². The number of carbonyl (C=O) groups excluding carboxylic acids is 1. The smallest absolute Gasteiger partial charge is 0.307 e. The molecule has 2 aromatic rings. The van der Waals surface area contributed by atoms with Crippen LogP contribution in [0.2, 0.25) is 0 Å². The standard InChI is InChI=1S/C20H25N3O5S/c1-2-4-18(24)28-13-22-11-7-14-15(19(22)25)5-3-6-16(14)29(26,27)23-12-8-17(21)20(23)9-10-20/h3,5-7,11,17H,2,4,8-10,12-13,21H2,1H3/t17-/m1/s1. The van der Waals surface area contributed by atoms with Crippen LogP contribution in [0.1, 0.15) is 39.0 Å². The highest BCUT2D eigenvalue weighted by Gasteiger charge is 2.60. The van der Waals surface area contributed by atoms with E-state index in [0.29, 0.717) is 24.8 Å². The van der Waals surface area contributed by atoms with E-state index in [-0.39, 0.29) is 35.4 Å². The quantitative estimate of drug-likeness (QED) is 0.711. The summed E-state index contributed by atoms with van der Waals surface area (Å²) in [6, 6.07) is 6.13. The average Bonchev–Trinajstić information content (AvgIpc) is 3.41. The van der Waals surface area contributed by atoms with E-state index in [9.17, 15) is 18.0 Å². The molecular weight excluding hydrogens is 394 g/mol. The van der Waals surface area contributed by atoms with Crippen LogP contribution in [0.15, 0.2) is 40.2 Å². The summed E-state index contributed by atoms with van der Waals surface area (Å²) < 4.78 is 34.7. The molecule has 1 aliphatic carbocycles. The van der Waals surface area contributed by atoms with Crippen LogP contribution in [-0.2, 0) is 26.3 Å². The largest absolute Gasteiger partial charge is 0.444 e. The Morgan fingerprint density at radius 2 is 2.03 bits per heavy atom. The van der Waals surface area contributed by atoms with E-state index < -0.39 is 21.1 Å². The lowest BCUT2D eigenvalue weighted by Gasteiger charge is -2.26. The molecule has 8 nitrogen and oxygen atoms in total. The number of pyridine rings is 1. The third-order valence-electron chi connectivity index (χ3n) is 5.96. The van der Waals surface area contributed by atoms with Gasteiger partial charge in [-0.3, -0.25) is 14.2 Å². The number of nitrogens with two attached hydrogens (primary N) is 1. The predicted molar refractivity (Wildman–Crippen MR) is 108 cm³/mol. The Morgan fingerprint density at radius 1 is 1.28 bits per heavy atom. The van der Waals surface area contributed by atoms with Crippen molar-refractivity contribution in [1.29, 1.82) is 0 Å². The summed E-state index contributed by atoms with van der Waals surface area (Å²) in [5.41, 5.74) is 5.31. The number of carbonyl (C=O) groups is 1. The summed E-state index contributed by atoms with van der Waals surface area (Å²) in [5, 5.41) is 0.637. The number of benzene rings is 1. The molecule has 0 unspecified atom stereocenters. The number of hydrogen-bond acceptors (Lipinski definition) is 6. The molecule has 9 heteroatoms. The highest BCUT2D eigenvalue weighted by Crippen LogP contribution is 2.51. The third kappa shape index (κ3) is 3.27. The van der Waals surface area contributed by atoms with Crippen LogP contribution >= 0.6 is 0 Å². The number of sulfonamides is 1. The Morgan fingerprint density at radius 3 is 2.72 bits per heavy atom. The lowest BCUT2D eigenvalue weighted by molar-refractivity contribution is -0.147. The number of esters is 1. The van der Waals surface area contributed by atoms with Gasteiger partial charge in [-0.1, -0.05) is 13.0 Å². The first-order chi connectivity index (χ1) is 13.8. The monoisotopic (exact) mass is 419 g/mol. The zero-order valence-electron chi connectivity index (χ0n) is 16.3. The number of ether oxygens (including phenoxy) is 1. The molecular formula is C20H25N3O5S. The van der Waals surface area contributed by atoms with Crippen molar-refractivity contribution < 1.29 is 17.9 Å². The summed E-state index contributed by atoms with van der Waals surface area (Å²) in [7, 11) is -3.79. The van der Waals surface area contributed by atoms with Crippen LogP contribution in [0.25, 0.3) is 10.8 Å². The van der Waals surface area contributed by atoms with Crippen molar-refractivity contribution in [3.63, 3.8) is 0 Å². The topological polar surface area (TPSA) is 112 Å². The molecule has 1 spiro atoms. The van der Waals surface area contributed by atoms with Crippen molar-refractivity contribution in [2.75, 3.05) is 6.54 Å². The molecule has 1 aromatic carbocycles. The van der Waals surface area contributed by atoms with Gasteiger partial charge in [0.25, 0.3) is 5.56 Å². The second kappa shape index (κ2) is 7.23. The maximum atomic E-state index is 13.4. The molecule has 1 saturated carbocycles. The van der Waals surface area contributed by atoms with Gasteiger partial charge in [-0.05, 0) is 43.9 Å². The Balaban J connectivity index is 1.71. The fourth-order valence-corrected chi connectivity index (χ4v) is 6.28. The molecule has 1 saturated heterocycles. The van der Waals surface area contributed by atoms with Crippen molar-refractivity contribution in [3.05, 3.63) is 40.8 Å². The third-order valence-corrected chi connectivity index (χ3v) is 8.00. The molecule has 2 heterocycles. The maximum Gasteiger partial charge on any atom is 0.307 e. The summed E-state index contributed by atoms with van der Waals surface area (Å²) >= 11 is 0. The Hall–Kier alpha value is -2.23. The van der Waals surface area contributed by atoms with Crippen LogP contribution in [-0.4, -0.2) is 41.4 Å². The molecule has 0 bridgehead atoms. The minimum atomic E-state index is -3.79. The SMILES string of the molecule is CCCC(=O)OCn1ccc2c(S(=O)(=O)N3CC[C@@H](N)C34CC4)cccc2c1=O. The van der Waals surface area contributed by atoms with Crippen molar-refractivity contribution in [2.45, 2.75) is 62.2 Å². The molecule has 2 N–H and O–H groups in total. The summed E-state index contributed by atoms with van der Waals surface area (Å²) in [4.78, 5) is 24.5. The predicted octanol–water partition coefficient (Wildman–Crippen LogP) is 1.56. The minimum absolute atomic E-state index is 0.114. The van der Waals surface area contributed by atoms with Crippen molar-refractivity contribution in [1.82, 2.24) is 8.87 Å². The zero-order chi connectivity index (χ0) is 20.8. The summed E-state index contributed by atoms with van der Waals surface area (Å²) in [6.07, 6.45) is 4.59. The van der Waals surface area contributed by atoms with Crippen molar-refractivity contribution in [2.24, 2.45) is 5.73 Å². The van der Waals surface area contributed by atoms with Gasteiger partial charge in [0.2, 0.25) is 10.0 Å². The van der Waals surface area contributed by atoms with Crippen LogP contribution in [0.3, 0.4) is 0 Å². The Kier molecular flexibility index (Phi) is 5.00. The Bertz CT molecular complexity index is 1120. The Labute approximate surface area is 169 Å². The number of rotatable bonds is 6. The maximum absolute atomic E-state index is 13.4. The normalized spacial score (nSPS) is 21.0. The zero-order valence-corrected chi connectivity index (χ0v) is 17.2. The second-order valence-corrected chi connectivity index (χ2v) is 9.61. The van der Waals surface area contributed by atoms with E-state index in [0.717, 1.165) is 12.8 Å². The molecule has 29 heavy (non-hydrogen) atoms. The van der Waals surface area contributed by atoms with E-state index in [2.05, 4.69) is 0 Å². The molecule has 4 rings (SSSR count). The van der Waals surface area contributed by atoms with Crippen LogP contribution in [0.4, 0.5) is 0 Å². The molecule has 1 atom stereocenters. The number of fused-ring (bicyclic) bond motifs is 1. The second-order valence-electron chi connectivity index (χ2n) is 7.78. The molecule has 1 aromatic heterocycles. The van der Waals surface area contributed by atoms with Crippen molar-refractivity contribution >= 4 is 26.8 Å². The van der Waals surface area contributed by atoms with Gasteiger partial charge in [-0.25, -0.2) is 8.42 Å². The van der Waals surface area contributed by atoms with E-state index in [1.807, 2.05) is 6.92 Å². The highest BCUT2D eigenvalue weighted by molar-refractivity contribution is 7.89. The van der Waals surface area contributed by atoms with Crippen LogP contribution < -0.4 is 11.3 Å². The van der Waals surface area contributed by atoms with Gasteiger partial charge in [0, 0.05) is 36.0 Å². The lowest BCUT2D eigenvalue weighted by Crippen LogP contribution is -2.44. The van der Waals surface area contributed by atoms with Gasteiger partial charge in [0.05, 0.1) is 10.4 Å². The van der Waals surface area contributed by atoms with Gasteiger partial charge in [-0.15, -0.1) is 0 Å². The molecule has 2 aliphatic rings. The first-order valence-electron chi connectivity index (χ1n) is 9.87. The summed E-state index contributed by atoms with van der Waals surface area (Å²) in [5.74, 6) is -0.379. The molecule has 2 fully saturated rings. The fourth-order valence-electron chi connectivity index (χ4n) is 4.19. The minimum Gasteiger partial charge on any atom is -0.444 e. The first kappa shape index (κ1) is 20.1. The van der Waals surface area contributed by atoms with E-state index in [4.69, 9.17) is 10.5 Å². The molecule has 156 valence electrons. The average molecular weight is 420 g/mol. The van der Waals surface area contributed by atoms with Gasteiger partial charge in [0.1, 0.15) is 0 Å². The van der Waals surface area contributed by atoms with Gasteiger partial charge >= 0.3 is 5.97 Å². The first-order valence-corrected chi connectivity index (χ1v) is 11.3. The molecule has 1 aliphatic heterocycles. The fraction of sp³-hybridized carbons (Fsp3) is 0.500. The summed E-state index contributed by atoms with van der Waals surface area (Å²) in [6.45, 7) is 2.06. The van der Waals surface area contributed by atoms with E-state index in [1.54, 1.807) is 18.2 Å². The number of nitrogens with zero attached hydrogens (tertiary/aromatic N) is 2. The lowest BCUT2D eigenvalue weighted by atomic mass is 10.1. The number of hydrogen-bond donors (Lipinski definition) is 1. The van der Waals surface area contributed by atoms with Crippen molar-refractivity contribution in [3.8, 4) is 0 Å². The number of aromatic nitrogens is 1. The van der Waals surface area contributed by atoms with Gasteiger partial charge < -0.3 is 10.5 Å². The van der Waals surface area contributed by atoms with E-state index >= 15 is 0 Å². The molecule has 0 amide bonds. The van der Waals surface area contributed by atoms with Gasteiger partial charge in [-0.2, -0.15) is 4.31 Å². The molecule has 0 radical (unpaired) electrons. The highest BCUT2D eigenvalue weighted by atomic mass is 32.2. The van der Waals surface area contributed by atoms with Crippen LogP contribution in [0, 0.1) is 0 Å². The van der Waals surface area contributed by atoms with Crippen LogP contribution in [0.5, 0.6) is 0 Å².